The summed E-state index contributed by atoms with van der Waals surface area (Å²) in [6, 6.07) is 20.7. The number of carboxylic acids is 1. The molecule has 0 saturated carbocycles. The van der Waals surface area contributed by atoms with Gasteiger partial charge in [-0.25, -0.2) is 0 Å². The Kier molecular flexibility index (Phi) is 14.3. The van der Waals surface area contributed by atoms with Gasteiger partial charge in [0.25, 0.3) is 0 Å². The lowest BCUT2D eigenvalue weighted by Gasteiger charge is -2.00. The van der Waals surface area contributed by atoms with Crippen LogP contribution in [0.15, 0.2) is 73.1 Å². The van der Waals surface area contributed by atoms with Crippen molar-refractivity contribution in [2.24, 2.45) is 5.73 Å². The van der Waals surface area contributed by atoms with Crippen LogP contribution in [0.25, 0.3) is 11.1 Å². The Bertz CT molecular complexity index is 1010. The van der Waals surface area contributed by atoms with Crippen LogP contribution in [0, 0.1) is 31.1 Å². The summed E-state index contributed by atoms with van der Waals surface area (Å²) in [5.74, 6) is -0.838. The molecule has 6 heteroatoms. The average Bonchev–Trinajstić information content (AvgIpc) is 2.81. The lowest BCUT2D eigenvalue weighted by Crippen LogP contribution is -2.18. The van der Waals surface area contributed by atoms with E-state index in [0.29, 0.717) is 5.56 Å². The second-order valence-corrected chi connectivity index (χ2v) is 6.53. The molecule has 6 nitrogen and oxygen atoms in total. The zero-order valence-corrected chi connectivity index (χ0v) is 18.2. The molecule has 1 heterocycles. The van der Waals surface area contributed by atoms with Gasteiger partial charge in [-0.15, -0.1) is 12.8 Å². The van der Waals surface area contributed by atoms with Crippen LogP contribution in [0.1, 0.15) is 34.8 Å². The lowest BCUT2D eigenvalue weighted by molar-refractivity contribution is -0.137. The van der Waals surface area contributed by atoms with Crippen LogP contribution in [0.4, 0.5) is 0 Å². The molecule has 164 valence electrons. The predicted molar refractivity (Wildman–Crippen MR) is 127 cm³/mol. The van der Waals surface area contributed by atoms with Crippen LogP contribution in [0.5, 0.6) is 0 Å². The highest BCUT2D eigenvalue weighted by molar-refractivity contribution is 5.76. The van der Waals surface area contributed by atoms with Crippen LogP contribution in [-0.4, -0.2) is 28.4 Å². The maximum absolute atomic E-state index is 10.4. The number of terminal acetylenes is 1. The Morgan fingerprint density at radius 3 is 2.06 bits per heavy atom. The fourth-order valence-electron chi connectivity index (χ4n) is 2.29. The smallest absolute Gasteiger partial charge is 0.304 e. The molecule has 1 aromatic heterocycles. The highest BCUT2D eigenvalue weighted by Crippen LogP contribution is 2.17. The third-order valence-electron chi connectivity index (χ3n) is 3.70. The molecule has 3 rings (SSSR count). The summed E-state index contributed by atoms with van der Waals surface area (Å²) in [6.07, 6.45) is 12.4. The summed E-state index contributed by atoms with van der Waals surface area (Å²) >= 11 is 0. The zero-order valence-electron chi connectivity index (χ0n) is 18.2. The van der Waals surface area contributed by atoms with Gasteiger partial charge in [0.2, 0.25) is 0 Å². The van der Waals surface area contributed by atoms with E-state index in [1.165, 1.54) is 0 Å². The van der Waals surface area contributed by atoms with Crippen molar-refractivity contribution in [2.45, 2.75) is 26.3 Å². The van der Waals surface area contributed by atoms with Crippen molar-refractivity contribution in [2.75, 3.05) is 0 Å². The van der Waals surface area contributed by atoms with Crippen molar-refractivity contribution >= 4 is 12.3 Å². The Labute approximate surface area is 189 Å². The van der Waals surface area contributed by atoms with Gasteiger partial charge in [-0.05, 0) is 54.8 Å². The molecule has 0 aliphatic heterocycles. The highest BCUT2D eigenvalue weighted by atomic mass is 16.4. The first-order valence-electron chi connectivity index (χ1n) is 9.58. The second kappa shape index (κ2) is 16.5. The molecular formula is C26H27N3O3. The number of hydrogen-bond donors (Lipinski definition) is 2. The Morgan fingerprint density at radius 2 is 1.69 bits per heavy atom. The van der Waals surface area contributed by atoms with Gasteiger partial charge in [0, 0.05) is 24.0 Å². The largest absolute Gasteiger partial charge is 0.481 e. The van der Waals surface area contributed by atoms with Crippen LogP contribution in [0.3, 0.4) is 0 Å². The molecule has 3 N–H and O–H groups in total. The molecular weight excluding hydrogens is 402 g/mol. The number of benzene rings is 2. The summed E-state index contributed by atoms with van der Waals surface area (Å²) in [7, 11) is 0. The maximum atomic E-state index is 10.4. The lowest BCUT2D eigenvalue weighted by atomic mass is 10.1. The minimum Gasteiger partial charge on any atom is -0.481 e. The third-order valence-corrected chi connectivity index (χ3v) is 3.70. The summed E-state index contributed by atoms with van der Waals surface area (Å²) in [4.78, 5) is 24.1. The fraction of sp³-hybridized carbons (Fsp3) is 0.154. The number of pyridine rings is 1. The van der Waals surface area contributed by atoms with Gasteiger partial charge in [0.05, 0.1) is 18.1 Å². The Morgan fingerprint density at radius 1 is 1.12 bits per heavy atom. The predicted octanol–water partition coefficient (Wildman–Crippen LogP) is 4.49. The Hall–Kier alpha value is -4.26. The monoisotopic (exact) mass is 429 g/mol. The van der Waals surface area contributed by atoms with Gasteiger partial charge in [0.1, 0.15) is 6.29 Å². The van der Waals surface area contributed by atoms with Crippen molar-refractivity contribution in [3.8, 4) is 30.0 Å². The van der Waals surface area contributed by atoms with E-state index >= 15 is 0 Å². The first-order chi connectivity index (χ1) is 15.3. The van der Waals surface area contributed by atoms with E-state index in [-0.39, 0.29) is 12.5 Å². The molecule has 2 aromatic carbocycles. The molecule has 0 aliphatic carbocycles. The zero-order chi connectivity index (χ0) is 24.4. The first kappa shape index (κ1) is 27.7. The topological polar surface area (TPSA) is 117 Å². The van der Waals surface area contributed by atoms with E-state index in [9.17, 15) is 9.59 Å². The maximum Gasteiger partial charge on any atom is 0.304 e. The number of carbonyl (C=O) groups is 2. The van der Waals surface area contributed by atoms with E-state index < -0.39 is 5.97 Å². The molecule has 0 amide bonds. The highest BCUT2D eigenvalue weighted by Gasteiger charge is 1.98. The van der Waals surface area contributed by atoms with Gasteiger partial charge in [-0.1, -0.05) is 36.4 Å². The Balaban J connectivity index is 0.000000464. The average molecular weight is 430 g/mol. The van der Waals surface area contributed by atoms with Gasteiger partial charge < -0.3 is 10.8 Å². The standard InChI is InChI=1S/C12H9NO.C8H7N.C4H9NO2.C2H2/c14-9-10-1-3-11(4-2-10)12-5-7-13-8-6-12;1-7-3-2-4-8(5-7)6-9;1-3(5)2-4(6)7;1-2/h1-9H;2-5H,1H3;3H,2,5H2,1H3,(H,6,7);1-2H/t;;3-;/m..1./s1. The number of carbonyl (C=O) groups excluding carboxylic acids is 1. The molecule has 32 heavy (non-hydrogen) atoms. The van der Waals surface area contributed by atoms with Gasteiger partial charge in [0.15, 0.2) is 0 Å². The molecule has 0 spiro atoms. The number of aromatic nitrogens is 1. The number of nitrogens with two attached hydrogens (primary N) is 1. The van der Waals surface area contributed by atoms with Crippen LogP contribution in [-0.2, 0) is 4.79 Å². The number of carboxylic acid groups (broad SMARTS) is 1. The number of rotatable bonds is 4. The number of hydrogen-bond acceptors (Lipinski definition) is 5. The fourth-order valence-corrected chi connectivity index (χ4v) is 2.29. The summed E-state index contributed by atoms with van der Waals surface area (Å²) in [6.45, 7) is 3.63. The summed E-state index contributed by atoms with van der Waals surface area (Å²) in [5.41, 5.74) is 9.88. The summed E-state index contributed by atoms with van der Waals surface area (Å²) < 4.78 is 0. The van der Waals surface area contributed by atoms with Gasteiger partial charge in [-0.3, -0.25) is 14.6 Å². The van der Waals surface area contributed by atoms with Crippen molar-refractivity contribution in [3.63, 3.8) is 0 Å². The molecule has 3 aromatic rings. The SMILES string of the molecule is C#C.C[C@@H](N)CC(=O)O.Cc1cccc(C#N)c1.O=Cc1ccc(-c2ccncc2)cc1. The molecule has 1 atom stereocenters. The van der Waals surface area contributed by atoms with Gasteiger partial charge in [-0.2, -0.15) is 5.26 Å². The van der Waals surface area contributed by atoms with E-state index in [2.05, 4.69) is 23.9 Å². The van der Waals surface area contributed by atoms with E-state index in [1.807, 2.05) is 61.5 Å². The number of aryl methyl sites for hydroxylation is 1. The van der Waals surface area contributed by atoms with Crippen LogP contribution < -0.4 is 5.73 Å². The molecule has 0 fully saturated rings. The summed E-state index contributed by atoms with van der Waals surface area (Å²) in [5, 5.41) is 16.4. The molecule has 0 unspecified atom stereocenters. The van der Waals surface area contributed by atoms with Gasteiger partial charge >= 0.3 is 5.97 Å². The van der Waals surface area contributed by atoms with E-state index in [0.717, 1.165) is 28.5 Å². The van der Waals surface area contributed by atoms with Crippen molar-refractivity contribution in [1.29, 1.82) is 5.26 Å². The minimum atomic E-state index is -0.838. The number of aliphatic carboxylic acids is 1. The minimum absolute atomic E-state index is 0.0556. The van der Waals surface area contributed by atoms with E-state index in [4.69, 9.17) is 16.1 Å². The van der Waals surface area contributed by atoms with Crippen molar-refractivity contribution < 1.29 is 14.7 Å². The third kappa shape index (κ3) is 12.3. The first-order valence-corrected chi connectivity index (χ1v) is 9.58. The molecule has 0 bridgehead atoms. The molecule has 0 aliphatic rings. The van der Waals surface area contributed by atoms with Crippen molar-refractivity contribution in [3.05, 3.63) is 89.7 Å². The number of aldehydes is 1. The molecule has 0 saturated heterocycles. The second-order valence-electron chi connectivity index (χ2n) is 6.53. The van der Waals surface area contributed by atoms with Crippen LogP contribution in [0.2, 0.25) is 0 Å². The van der Waals surface area contributed by atoms with E-state index in [1.54, 1.807) is 25.4 Å². The molecule has 0 radical (unpaired) electrons. The number of nitrogens with zero attached hydrogens (tertiary/aromatic N) is 2. The number of nitriles is 1. The van der Waals surface area contributed by atoms with Crippen molar-refractivity contribution in [1.82, 2.24) is 4.98 Å². The quantitative estimate of drug-likeness (QED) is 0.466. The normalized spacial score (nSPS) is 9.62. The van der Waals surface area contributed by atoms with Crippen LogP contribution >= 0.6 is 0 Å².